The summed E-state index contributed by atoms with van der Waals surface area (Å²) in [4.78, 5) is 31.1. The number of amides is 2. The molecule has 2 heterocycles. The Bertz CT molecular complexity index is 1020. The van der Waals surface area contributed by atoms with Gasteiger partial charge in [0.25, 0.3) is 11.8 Å². The molecule has 0 saturated heterocycles. The third-order valence-electron chi connectivity index (χ3n) is 4.51. The monoisotopic (exact) mass is 421 g/mol. The molecule has 2 amide bonds. The van der Waals surface area contributed by atoms with Crippen LogP contribution in [0.3, 0.4) is 0 Å². The van der Waals surface area contributed by atoms with Crippen LogP contribution in [-0.2, 0) is 6.42 Å². The van der Waals surface area contributed by atoms with E-state index < -0.39 is 0 Å². The van der Waals surface area contributed by atoms with Crippen LogP contribution in [0.2, 0.25) is 0 Å². The van der Waals surface area contributed by atoms with Crippen LogP contribution >= 0.6 is 15.9 Å². The number of hydrogen-bond donors (Lipinski definition) is 1. The van der Waals surface area contributed by atoms with Crippen molar-refractivity contribution in [2.75, 3.05) is 16.8 Å². The van der Waals surface area contributed by atoms with Crippen LogP contribution in [0.5, 0.6) is 0 Å². The second kappa shape index (κ2) is 7.32. The highest BCUT2D eigenvalue weighted by molar-refractivity contribution is 9.10. The first-order valence-corrected chi connectivity index (χ1v) is 9.33. The molecule has 0 bridgehead atoms. The maximum atomic E-state index is 12.8. The number of pyridine rings is 1. The average Bonchev–Trinajstić information content (AvgIpc) is 3.11. The van der Waals surface area contributed by atoms with Gasteiger partial charge in [0.1, 0.15) is 0 Å². The van der Waals surface area contributed by atoms with Gasteiger partial charge >= 0.3 is 0 Å². The molecule has 1 aliphatic heterocycles. The molecule has 0 atom stereocenters. The Labute approximate surface area is 165 Å². The van der Waals surface area contributed by atoms with Crippen LogP contribution in [-0.4, -0.2) is 23.3 Å². The molecule has 0 aliphatic carbocycles. The summed E-state index contributed by atoms with van der Waals surface area (Å²) in [5, 5.41) is 2.91. The fourth-order valence-corrected chi connectivity index (χ4v) is 3.62. The van der Waals surface area contributed by atoms with E-state index in [1.165, 1.54) is 0 Å². The van der Waals surface area contributed by atoms with Gasteiger partial charge in [-0.25, -0.2) is 0 Å². The lowest BCUT2D eigenvalue weighted by Gasteiger charge is -2.18. The van der Waals surface area contributed by atoms with Crippen LogP contribution in [0.1, 0.15) is 26.3 Å². The number of nitrogens with one attached hydrogen (secondary N) is 1. The quantitative estimate of drug-likeness (QED) is 0.685. The minimum absolute atomic E-state index is 0.0869. The molecular formula is C21H16BrN3O2. The Morgan fingerprint density at radius 1 is 1.07 bits per heavy atom. The molecule has 1 aliphatic rings. The number of nitrogens with zero attached hydrogens (tertiary/aromatic N) is 2. The Morgan fingerprint density at radius 2 is 1.93 bits per heavy atom. The first-order valence-electron chi connectivity index (χ1n) is 8.54. The lowest BCUT2D eigenvalue weighted by atomic mass is 10.1. The van der Waals surface area contributed by atoms with Crippen molar-refractivity contribution in [2.45, 2.75) is 6.42 Å². The van der Waals surface area contributed by atoms with E-state index in [-0.39, 0.29) is 11.8 Å². The highest BCUT2D eigenvalue weighted by Crippen LogP contribution is 2.32. The molecule has 0 radical (unpaired) electrons. The van der Waals surface area contributed by atoms with Gasteiger partial charge in [-0.15, -0.1) is 0 Å². The first-order chi connectivity index (χ1) is 13.1. The maximum Gasteiger partial charge on any atom is 0.259 e. The van der Waals surface area contributed by atoms with Crippen molar-refractivity contribution < 1.29 is 9.59 Å². The summed E-state index contributed by atoms with van der Waals surface area (Å²) < 4.78 is 0.733. The van der Waals surface area contributed by atoms with Crippen LogP contribution < -0.4 is 10.2 Å². The van der Waals surface area contributed by atoms with Crippen molar-refractivity contribution in [1.82, 2.24) is 4.98 Å². The Morgan fingerprint density at radius 3 is 2.70 bits per heavy atom. The number of fused-ring (bicyclic) bond motifs is 1. The molecule has 1 N–H and O–H groups in total. The van der Waals surface area contributed by atoms with E-state index in [0.29, 0.717) is 23.4 Å². The third kappa shape index (κ3) is 3.48. The molecule has 1 aromatic heterocycles. The third-order valence-corrected chi connectivity index (χ3v) is 5.20. The number of hydrogen-bond acceptors (Lipinski definition) is 3. The zero-order chi connectivity index (χ0) is 18.8. The van der Waals surface area contributed by atoms with Crippen molar-refractivity contribution in [3.05, 3.63) is 88.2 Å². The Balaban J connectivity index is 1.59. The number of anilines is 2. The molecular weight excluding hydrogens is 406 g/mol. The molecule has 3 aromatic rings. The van der Waals surface area contributed by atoms with Gasteiger partial charge in [0, 0.05) is 34.8 Å². The first kappa shape index (κ1) is 17.4. The van der Waals surface area contributed by atoms with Gasteiger partial charge in [0.15, 0.2) is 0 Å². The SMILES string of the molecule is O=C(Nc1ccc2c(c1)N(C(=O)c1cccnc1)CC2)c1ccccc1Br. The predicted molar refractivity (Wildman–Crippen MR) is 108 cm³/mol. The van der Waals surface area contributed by atoms with E-state index in [0.717, 1.165) is 22.1 Å². The molecule has 6 heteroatoms. The summed E-state index contributed by atoms with van der Waals surface area (Å²) in [7, 11) is 0. The second-order valence-corrected chi connectivity index (χ2v) is 7.08. The zero-order valence-electron chi connectivity index (χ0n) is 14.4. The van der Waals surface area contributed by atoms with Crippen LogP contribution in [0.25, 0.3) is 0 Å². The largest absolute Gasteiger partial charge is 0.322 e. The minimum atomic E-state index is -0.203. The number of carbonyl (C=O) groups excluding carboxylic acids is 2. The zero-order valence-corrected chi connectivity index (χ0v) is 15.9. The lowest BCUT2D eigenvalue weighted by Crippen LogP contribution is -2.29. The minimum Gasteiger partial charge on any atom is -0.322 e. The topological polar surface area (TPSA) is 62.3 Å². The van der Waals surface area contributed by atoms with Gasteiger partial charge in [0.05, 0.1) is 11.1 Å². The van der Waals surface area contributed by atoms with Gasteiger partial charge < -0.3 is 10.2 Å². The molecule has 27 heavy (non-hydrogen) atoms. The molecule has 0 saturated carbocycles. The Kier molecular flexibility index (Phi) is 4.73. The van der Waals surface area contributed by atoms with E-state index in [1.54, 1.807) is 35.5 Å². The van der Waals surface area contributed by atoms with Crippen LogP contribution in [0.4, 0.5) is 11.4 Å². The molecule has 0 fully saturated rings. The van der Waals surface area contributed by atoms with Gasteiger partial charge in [-0.1, -0.05) is 18.2 Å². The molecule has 0 unspecified atom stereocenters. The summed E-state index contributed by atoms with van der Waals surface area (Å²) in [5.41, 5.74) is 3.68. The van der Waals surface area contributed by atoms with Crippen molar-refractivity contribution in [3.8, 4) is 0 Å². The normalized spacial score (nSPS) is 12.6. The van der Waals surface area contributed by atoms with E-state index in [1.807, 2.05) is 36.4 Å². The number of benzene rings is 2. The lowest BCUT2D eigenvalue weighted by molar-refractivity contribution is 0.0987. The summed E-state index contributed by atoms with van der Waals surface area (Å²) >= 11 is 3.39. The summed E-state index contributed by atoms with van der Waals surface area (Å²) in [6.45, 7) is 0.616. The Hall–Kier alpha value is -2.99. The van der Waals surface area contributed by atoms with Gasteiger partial charge in [0.2, 0.25) is 0 Å². The fourth-order valence-electron chi connectivity index (χ4n) is 3.16. The molecule has 4 rings (SSSR count). The van der Waals surface area contributed by atoms with Crippen LogP contribution in [0.15, 0.2) is 71.5 Å². The standard InChI is InChI=1S/C21H16BrN3O2/c22-18-6-2-1-5-17(18)20(26)24-16-8-7-14-9-11-25(19(14)12-16)21(27)15-4-3-10-23-13-15/h1-8,10,12-13H,9,11H2,(H,24,26). The predicted octanol–water partition coefficient (Wildman–Crippen LogP) is 4.30. The summed E-state index contributed by atoms with van der Waals surface area (Å²) in [6.07, 6.45) is 4.00. The fraction of sp³-hybridized carbons (Fsp3) is 0.0952. The van der Waals surface area contributed by atoms with Gasteiger partial charge in [-0.05, 0) is 64.3 Å². The van der Waals surface area contributed by atoms with Crippen molar-refractivity contribution in [3.63, 3.8) is 0 Å². The highest BCUT2D eigenvalue weighted by atomic mass is 79.9. The molecule has 2 aromatic carbocycles. The summed E-state index contributed by atoms with van der Waals surface area (Å²) in [5.74, 6) is -0.290. The highest BCUT2D eigenvalue weighted by Gasteiger charge is 2.26. The van der Waals surface area contributed by atoms with E-state index in [9.17, 15) is 9.59 Å². The van der Waals surface area contributed by atoms with Gasteiger partial charge in [-0.2, -0.15) is 0 Å². The average molecular weight is 422 g/mol. The molecule has 134 valence electrons. The smallest absolute Gasteiger partial charge is 0.259 e. The van der Waals surface area contributed by atoms with Gasteiger partial charge in [-0.3, -0.25) is 14.6 Å². The number of carbonyl (C=O) groups is 2. The van der Waals surface area contributed by atoms with Crippen molar-refractivity contribution in [1.29, 1.82) is 0 Å². The second-order valence-electron chi connectivity index (χ2n) is 6.23. The number of rotatable bonds is 3. The van der Waals surface area contributed by atoms with E-state index >= 15 is 0 Å². The van der Waals surface area contributed by atoms with Crippen molar-refractivity contribution in [2.24, 2.45) is 0 Å². The summed E-state index contributed by atoms with van der Waals surface area (Å²) in [6, 6.07) is 16.4. The molecule has 0 spiro atoms. The van der Waals surface area contributed by atoms with Crippen molar-refractivity contribution >= 4 is 39.1 Å². The van der Waals surface area contributed by atoms with Crippen LogP contribution in [0, 0.1) is 0 Å². The number of aromatic nitrogens is 1. The van der Waals surface area contributed by atoms with E-state index in [4.69, 9.17) is 0 Å². The number of halogens is 1. The van der Waals surface area contributed by atoms with E-state index in [2.05, 4.69) is 26.2 Å². The maximum absolute atomic E-state index is 12.8. The molecule has 5 nitrogen and oxygen atoms in total.